The van der Waals surface area contributed by atoms with Gasteiger partial charge in [0.25, 0.3) is 0 Å². The lowest BCUT2D eigenvalue weighted by molar-refractivity contribution is 0.0594. The fourth-order valence-electron chi connectivity index (χ4n) is 6.45. The Hall–Kier alpha value is -1.97. The van der Waals surface area contributed by atoms with Crippen LogP contribution in [0.2, 0.25) is 0 Å². The Kier molecular flexibility index (Phi) is 8.03. The zero-order valence-electron chi connectivity index (χ0n) is 20.2. The third-order valence-corrected chi connectivity index (χ3v) is 8.36. The van der Waals surface area contributed by atoms with E-state index in [1.54, 1.807) is 0 Å². The van der Waals surface area contributed by atoms with E-state index in [2.05, 4.69) is 11.7 Å². The first-order valence-corrected chi connectivity index (χ1v) is 13.0. The second-order valence-electron chi connectivity index (χ2n) is 10.4. The molecule has 2 aromatic carbocycles. The zero-order valence-corrected chi connectivity index (χ0v) is 20.2. The van der Waals surface area contributed by atoms with E-state index in [9.17, 15) is 13.6 Å². The van der Waals surface area contributed by atoms with E-state index < -0.39 is 17.6 Å². The van der Waals surface area contributed by atoms with Crippen LogP contribution in [0.5, 0.6) is 0 Å². The smallest absolute Gasteiger partial charge is 0.340 e. The molecule has 0 radical (unpaired) electrons. The Morgan fingerprint density at radius 1 is 0.939 bits per heavy atom. The molecule has 2 unspecified atom stereocenters. The molecule has 0 bridgehead atoms. The minimum atomic E-state index is -1.12. The number of methoxy groups -OCH3 is 1. The lowest BCUT2D eigenvalue weighted by Gasteiger charge is -2.42. The molecule has 0 spiro atoms. The van der Waals surface area contributed by atoms with Crippen molar-refractivity contribution in [3.05, 3.63) is 47.0 Å². The highest BCUT2D eigenvalue weighted by Crippen LogP contribution is 2.48. The Balaban J connectivity index is 1.40. The van der Waals surface area contributed by atoms with Crippen molar-refractivity contribution in [3.8, 4) is 0 Å². The number of hydrogen-bond donors (Lipinski definition) is 0. The number of halogens is 2. The molecule has 4 atom stereocenters. The molecule has 2 saturated carbocycles. The first kappa shape index (κ1) is 24.2. The second kappa shape index (κ2) is 11.0. The molecule has 180 valence electrons. The third-order valence-electron chi connectivity index (χ3n) is 8.36. The topological polar surface area (TPSA) is 26.3 Å². The normalized spacial score (nSPS) is 25.1. The van der Waals surface area contributed by atoms with Crippen LogP contribution in [-0.4, -0.2) is 13.1 Å². The second-order valence-corrected chi connectivity index (χ2v) is 10.4. The predicted molar refractivity (Wildman–Crippen MR) is 129 cm³/mol. The molecular formula is C29H38F2O2. The summed E-state index contributed by atoms with van der Waals surface area (Å²) in [7, 11) is 1.17. The number of rotatable bonds is 8. The number of carbonyl (C=O) groups is 1. The molecule has 0 amide bonds. The Morgan fingerprint density at radius 3 is 2.48 bits per heavy atom. The largest absolute Gasteiger partial charge is 0.465 e. The quantitative estimate of drug-likeness (QED) is 0.294. The molecule has 2 aromatic rings. The first-order chi connectivity index (χ1) is 16.0. The van der Waals surface area contributed by atoms with E-state index in [1.807, 2.05) is 18.2 Å². The Morgan fingerprint density at radius 2 is 1.70 bits per heavy atom. The van der Waals surface area contributed by atoms with Crippen molar-refractivity contribution in [1.82, 2.24) is 0 Å². The van der Waals surface area contributed by atoms with E-state index in [-0.39, 0.29) is 10.9 Å². The van der Waals surface area contributed by atoms with E-state index in [0.717, 1.165) is 36.2 Å². The van der Waals surface area contributed by atoms with Gasteiger partial charge >= 0.3 is 5.97 Å². The molecule has 4 heteroatoms. The molecule has 0 N–H and O–H groups in total. The van der Waals surface area contributed by atoms with Crippen LogP contribution in [0.1, 0.15) is 106 Å². The van der Waals surface area contributed by atoms with Crippen LogP contribution >= 0.6 is 0 Å². The van der Waals surface area contributed by atoms with Crippen molar-refractivity contribution in [1.29, 1.82) is 0 Å². The summed E-state index contributed by atoms with van der Waals surface area (Å²) in [6, 6.07) is 7.06. The van der Waals surface area contributed by atoms with Gasteiger partial charge in [0.2, 0.25) is 0 Å². The first-order valence-electron chi connectivity index (χ1n) is 13.0. The summed E-state index contributed by atoms with van der Waals surface area (Å²) in [6.45, 7) is 2.27. The Labute approximate surface area is 197 Å². The number of esters is 1. The predicted octanol–water partition coefficient (Wildman–Crippen LogP) is 8.57. The van der Waals surface area contributed by atoms with Gasteiger partial charge in [-0.05, 0) is 78.9 Å². The Bertz CT molecular complexity index is 970. The summed E-state index contributed by atoms with van der Waals surface area (Å²) < 4.78 is 33.9. The van der Waals surface area contributed by atoms with Crippen molar-refractivity contribution >= 4 is 16.7 Å². The molecule has 2 aliphatic rings. The molecular weight excluding hydrogens is 418 g/mol. The minimum Gasteiger partial charge on any atom is -0.465 e. The van der Waals surface area contributed by atoms with E-state index in [4.69, 9.17) is 0 Å². The summed E-state index contributed by atoms with van der Waals surface area (Å²) >= 11 is 0. The molecule has 4 rings (SSSR count). The van der Waals surface area contributed by atoms with Gasteiger partial charge in [0.15, 0.2) is 11.6 Å². The van der Waals surface area contributed by atoms with E-state index >= 15 is 0 Å². The summed E-state index contributed by atoms with van der Waals surface area (Å²) in [6.07, 6.45) is 15.8. The maximum absolute atomic E-state index is 14.8. The van der Waals surface area contributed by atoms with Crippen LogP contribution in [0.25, 0.3) is 10.8 Å². The van der Waals surface area contributed by atoms with Crippen LogP contribution in [0.15, 0.2) is 24.3 Å². The molecule has 0 saturated heterocycles. The van der Waals surface area contributed by atoms with Gasteiger partial charge in [0.1, 0.15) is 0 Å². The molecule has 0 heterocycles. The maximum atomic E-state index is 14.8. The number of fused-ring (bicyclic) bond motifs is 2. The fourth-order valence-corrected chi connectivity index (χ4v) is 6.45. The SMILES string of the molecule is CCCCCCCC1CC[C@@H]2CC(c3ccc4cc(C(=O)OC)c(F)c(F)c4c3)CC[C@H]2C1. The molecule has 0 aromatic heterocycles. The van der Waals surface area contributed by atoms with Crippen LogP contribution < -0.4 is 0 Å². The molecule has 0 aliphatic heterocycles. The lowest BCUT2D eigenvalue weighted by atomic mass is 9.63. The monoisotopic (exact) mass is 456 g/mol. The van der Waals surface area contributed by atoms with Crippen LogP contribution in [0.4, 0.5) is 8.78 Å². The average molecular weight is 457 g/mol. The number of ether oxygens (including phenoxy) is 1. The number of unbranched alkanes of at least 4 members (excludes halogenated alkanes) is 4. The minimum absolute atomic E-state index is 0.256. The highest BCUT2D eigenvalue weighted by molar-refractivity contribution is 5.96. The summed E-state index contributed by atoms with van der Waals surface area (Å²) in [5.41, 5.74) is 0.751. The van der Waals surface area contributed by atoms with E-state index in [0.29, 0.717) is 11.3 Å². The molecule has 2 aliphatic carbocycles. The van der Waals surface area contributed by atoms with Crippen molar-refractivity contribution < 1.29 is 18.3 Å². The van der Waals surface area contributed by atoms with Gasteiger partial charge in [-0.2, -0.15) is 0 Å². The molecule has 2 fully saturated rings. The van der Waals surface area contributed by atoms with Gasteiger partial charge in [0, 0.05) is 5.39 Å². The maximum Gasteiger partial charge on any atom is 0.340 e. The van der Waals surface area contributed by atoms with Gasteiger partial charge in [-0.25, -0.2) is 13.6 Å². The van der Waals surface area contributed by atoms with Crippen molar-refractivity contribution in [2.75, 3.05) is 7.11 Å². The summed E-state index contributed by atoms with van der Waals surface area (Å²) in [4.78, 5) is 11.8. The van der Waals surface area contributed by atoms with E-state index in [1.165, 1.54) is 77.4 Å². The highest BCUT2D eigenvalue weighted by Gasteiger charge is 2.36. The zero-order chi connectivity index (χ0) is 23.4. The van der Waals surface area contributed by atoms with Crippen LogP contribution in [0, 0.1) is 29.4 Å². The van der Waals surface area contributed by atoms with Crippen molar-refractivity contribution in [3.63, 3.8) is 0 Å². The van der Waals surface area contributed by atoms with Gasteiger partial charge in [0.05, 0.1) is 12.7 Å². The van der Waals surface area contributed by atoms with Crippen LogP contribution in [0.3, 0.4) is 0 Å². The van der Waals surface area contributed by atoms with Gasteiger partial charge in [-0.3, -0.25) is 0 Å². The van der Waals surface area contributed by atoms with Gasteiger partial charge in [-0.1, -0.05) is 64.0 Å². The van der Waals surface area contributed by atoms with Gasteiger partial charge in [-0.15, -0.1) is 0 Å². The third kappa shape index (κ3) is 5.41. The average Bonchev–Trinajstić information content (AvgIpc) is 2.85. The summed E-state index contributed by atoms with van der Waals surface area (Å²) in [5.74, 6) is -0.0134. The van der Waals surface area contributed by atoms with Crippen LogP contribution in [-0.2, 0) is 4.74 Å². The molecule has 2 nitrogen and oxygen atoms in total. The van der Waals surface area contributed by atoms with Crippen molar-refractivity contribution in [2.24, 2.45) is 17.8 Å². The highest BCUT2D eigenvalue weighted by atomic mass is 19.2. The fraction of sp³-hybridized carbons (Fsp3) is 0.621. The lowest BCUT2D eigenvalue weighted by Crippen LogP contribution is -2.30. The number of carbonyl (C=O) groups excluding carboxylic acids is 1. The summed E-state index contributed by atoms with van der Waals surface area (Å²) in [5, 5.41) is 0.790. The number of benzene rings is 2. The standard InChI is InChI=1S/C29H38F2O2/c1-3-4-5-6-7-8-19-9-10-21-16-22(12-11-20(21)15-19)23-13-14-24-18-26(29(32)33-2)28(31)27(30)25(24)17-23/h13-14,17-22H,3-12,15-16H2,1-2H3/t19?,20-,21+,22?/m0/s1. The number of hydrogen-bond acceptors (Lipinski definition) is 2. The van der Waals surface area contributed by atoms with Crippen molar-refractivity contribution in [2.45, 2.75) is 89.9 Å². The van der Waals surface area contributed by atoms with Gasteiger partial charge < -0.3 is 4.74 Å². The molecule has 33 heavy (non-hydrogen) atoms.